The first-order valence-electron chi connectivity index (χ1n) is 12.3. The first kappa shape index (κ1) is 24.1. The van der Waals surface area contributed by atoms with Crippen LogP contribution >= 0.6 is 23.8 Å². The van der Waals surface area contributed by atoms with Crippen LogP contribution in [-0.4, -0.2) is 41.5 Å². The molecule has 6 nitrogen and oxygen atoms in total. The summed E-state index contributed by atoms with van der Waals surface area (Å²) in [5, 5.41) is 4.97. The van der Waals surface area contributed by atoms with E-state index >= 15 is 0 Å². The van der Waals surface area contributed by atoms with Crippen molar-refractivity contribution in [2.24, 2.45) is 5.92 Å². The number of halogens is 1. The summed E-state index contributed by atoms with van der Waals surface area (Å²) in [7, 11) is 1.73. The molecule has 0 radical (unpaired) electrons. The number of methoxy groups -OCH3 is 1. The van der Waals surface area contributed by atoms with Gasteiger partial charge in [0.2, 0.25) is 0 Å². The maximum absolute atomic E-state index is 6.88. The van der Waals surface area contributed by atoms with Crippen molar-refractivity contribution in [3.8, 4) is 0 Å². The Bertz CT molecular complexity index is 1160. The summed E-state index contributed by atoms with van der Waals surface area (Å²) in [4.78, 5) is 9.24. The molecule has 2 aliphatic rings. The van der Waals surface area contributed by atoms with Gasteiger partial charge in [0.05, 0.1) is 29.1 Å². The number of thiocarbonyl (C=S) groups is 1. The third kappa shape index (κ3) is 4.90. The second-order valence-electron chi connectivity index (χ2n) is 9.42. The molecule has 0 amide bonds. The van der Waals surface area contributed by atoms with Gasteiger partial charge in [-0.2, -0.15) is 0 Å². The van der Waals surface area contributed by atoms with Crippen LogP contribution in [-0.2, 0) is 11.3 Å². The summed E-state index contributed by atoms with van der Waals surface area (Å²) < 4.78 is 7.59. The molecule has 2 unspecified atom stereocenters. The normalized spacial score (nSPS) is 20.9. The van der Waals surface area contributed by atoms with Gasteiger partial charge in [0.1, 0.15) is 6.04 Å². The number of aromatic nitrogens is 2. The van der Waals surface area contributed by atoms with Gasteiger partial charge in [-0.05, 0) is 73.4 Å². The van der Waals surface area contributed by atoms with E-state index in [1.807, 2.05) is 24.4 Å². The molecule has 4 heterocycles. The standard InChI is InChI=1S/C27H32ClN5OS/c1-19-10-14-32(15-11-19)23-9-8-20(18-21(23)28)33-26(24-7-5-13-31(24)16-17-34-2)25(30-27(33)35)22-6-3-4-12-29-22/h3-9,12-13,18-19,25-26H,10-11,14-17H2,1-2H3,(H,30,35). The highest BCUT2D eigenvalue weighted by atomic mass is 35.5. The van der Waals surface area contributed by atoms with E-state index in [0.717, 1.165) is 53.3 Å². The van der Waals surface area contributed by atoms with Crippen LogP contribution in [0.4, 0.5) is 11.4 Å². The molecule has 5 rings (SSSR count). The van der Waals surface area contributed by atoms with Crippen molar-refractivity contribution in [2.45, 2.75) is 38.4 Å². The SMILES string of the molecule is COCCn1cccc1C1C(c2ccccn2)NC(=S)N1c1ccc(N2CCC(C)CC2)c(Cl)c1. The van der Waals surface area contributed by atoms with Crippen LogP contribution in [0.2, 0.25) is 5.02 Å². The van der Waals surface area contributed by atoms with Crippen LogP contribution in [0.5, 0.6) is 0 Å². The third-order valence-corrected chi connectivity index (χ3v) is 7.75. The second kappa shape index (κ2) is 10.6. The van der Waals surface area contributed by atoms with Gasteiger partial charge in [-0.15, -0.1) is 0 Å². The van der Waals surface area contributed by atoms with Crippen molar-refractivity contribution >= 4 is 40.3 Å². The molecule has 35 heavy (non-hydrogen) atoms. The minimum absolute atomic E-state index is 0.0815. The molecular weight excluding hydrogens is 478 g/mol. The zero-order valence-electron chi connectivity index (χ0n) is 20.2. The van der Waals surface area contributed by atoms with Gasteiger partial charge >= 0.3 is 0 Å². The Morgan fingerprint density at radius 3 is 2.69 bits per heavy atom. The number of nitrogens with zero attached hydrogens (tertiary/aromatic N) is 4. The highest BCUT2D eigenvalue weighted by Gasteiger charge is 2.42. The Hall–Kier alpha value is -2.61. The molecule has 0 saturated carbocycles. The Labute approximate surface area is 217 Å². The first-order valence-corrected chi connectivity index (χ1v) is 13.0. The van der Waals surface area contributed by atoms with E-state index in [9.17, 15) is 0 Å². The lowest BCUT2D eigenvalue weighted by Crippen LogP contribution is -2.33. The van der Waals surface area contributed by atoms with Crippen molar-refractivity contribution in [1.29, 1.82) is 0 Å². The lowest BCUT2D eigenvalue weighted by molar-refractivity contribution is 0.186. The number of hydrogen-bond donors (Lipinski definition) is 1. The quantitative estimate of drug-likeness (QED) is 0.418. The second-order valence-corrected chi connectivity index (χ2v) is 10.2. The van der Waals surface area contributed by atoms with Gasteiger partial charge in [0, 0.05) is 50.5 Å². The number of pyridine rings is 1. The Morgan fingerprint density at radius 2 is 1.97 bits per heavy atom. The van der Waals surface area contributed by atoms with E-state index in [-0.39, 0.29) is 12.1 Å². The van der Waals surface area contributed by atoms with Crippen molar-refractivity contribution in [3.63, 3.8) is 0 Å². The molecule has 184 valence electrons. The number of benzene rings is 1. The highest BCUT2D eigenvalue weighted by molar-refractivity contribution is 7.80. The summed E-state index contributed by atoms with van der Waals surface area (Å²) in [6.07, 6.45) is 6.32. The molecule has 8 heteroatoms. The largest absolute Gasteiger partial charge is 0.383 e. The molecule has 2 aromatic heterocycles. The van der Waals surface area contributed by atoms with Crippen LogP contribution < -0.4 is 15.1 Å². The summed E-state index contributed by atoms with van der Waals surface area (Å²) >= 11 is 12.8. The van der Waals surface area contributed by atoms with Gasteiger partial charge in [-0.25, -0.2) is 0 Å². The minimum atomic E-state index is -0.0954. The Kier molecular flexibility index (Phi) is 7.27. The van der Waals surface area contributed by atoms with Gasteiger partial charge in [0.25, 0.3) is 0 Å². The summed E-state index contributed by atoms with van der Waals surface area (Å²) in [5.74, 6) is 0.774. The number of ether oxygens (including phenoxy) is 1. The molecule has 2 fully saturated rings. The van der Waals surface area contributed by atoms with E-state index in [1.54, 1.807) is 7.11 Å². The molecule has 2 atom stereocenters. The smallest absolute Gasteiger partial charge is 0.174 e. The van der Waals surface area contributed by atoms with Crippen molar-refractivity contribution < 1.29 is 4.74 Å². The molecule has 2 aliphatic heterocycles. The number of rotatable bonds is 7. The third-order valence-electron chi connectivity index (χ3n) is 7.14. The Morgan fingerprint density at radius 1 is 1.14 bits per heavy atom. The fraction of sp³-hybridized carbons (Fsp3) is 0.407. The Balaban J connectivity index is 1.52. The predicted molar refractivity (Wildman–Crippen MR) is 146 cm³/mol. The maximum atomic E-state index is 6.88. The topological polar surface area (TPSA) is 45.6 Å². The molecule has 3 aromatic rings. The van der Waals surface area contributed by atoms with Gasteiger partial charge in [0.15, 0.2) is 5.11 Å². The number of piperidine rings is 1. The van der Waals surface area contributed by atoms with Crippen LogP contribution in [0, 0.1) is 5.92 Å². The van der Waals surface area contributed by atoms with Gasteiger partial charge < -0.3 is 24.4 Å². The average Bonchev–Trinajstić information content (AvgIpc) is 3.47. The van der Waals surface area contributed by atoms with Crippen LogP contribution in [0.1, 0.15) is 43.2 Å². The van der Waals surface area contributed by atoms with E-state index < -0.39 is 0 Å². The van der Waals surface area contributed by atoms with Gasteiger partial charge in [-0.3, -0.25) is 4.98 Å². The van der Waals surface area contributed by atoms with Gasteiger partial charge in [-0.1, -0.05) is 24.6 Å². The lowest BCUT2D eigenvalue weighted by Gasteiger charge is -2.33. The number of anilines is 2. The lowest BCUT2D eigenvalue weighted by atomic mass is 9.98. The van der Waals surface area contributed by atoms with E-state index in [1.165, 1.54) is 12.8 Å². The number of nitrogens with one attached hydrogen (secondary N) is 1. The van der Waals surface area contributed by atoms with Crippen molar-refractivity contribution in [1.82, 2.24) is 14.9 Å². The highest BCUT2D eigenvalue weighted by Crippen LogP contribution is 2.43. The summed E-state index contributed by atoms with van der Waals surface area (Å²) in [6, 6.07) is 16.4. The van der Waals surface area contributed by atoms with Crippen molar-refractivity contribution in [3.05, 3.63) is 77.3 Å². The van der Waals surface area contributed by atoms with Crippen molar-refractivity contribution in [2.75, 3.05) is 36.6 Å². The first-order chi connectivity index (χ1) is 17.1. The van der Waals surface area contributed by atoms with Crippen LogP contribution in [0.3, 0.4) is 0 Å². The molecule has 1 N–H and O–H groups in total. The fourth-order valence-corrected chi connectivity index (χ4v) is 5.81. The van der Waals surface area contributed by atoms with Crippen LogP contribution in [0.15, 0.2) is 60.9 Å². The minimum Gasteiger partial charge on any atom is -0.383 e. The molecule has 0 aliphatic carbocycles. The molecule has 0 spiro atoms. The van der Waals surface area contributed by atoms with Crippen LogP contribution in [0.25, 0.3) is 0 Å². The zero-order valence-corrected chi connectivity index (χ0v) is 21.8. The van der Waals surface area contributed by atoms with E-state index in [2.05, 4.69) is 68.1 Å². The monoisotopic (exact) mass is 509 g/mol. The van der Waals surface area contributed by atoms with E-state index in [0.29, 0.717) is 11.7 Å². The average molecular weight is 510 g/mol. The molecular formula is C27H32ClN5OS. The molecule has 2 saturated heterocycles. The molecule has 0 bridgehead atoms. The summed E-state index contributed by atoms with van der Waals surface area (Å²) in [5.41, 5.74) is 4.17. The zero-order chi connectivity index (χ0) is 24.4. The van der Waals surface area contributed by atoms with E-state index in [4.69, 9.17) is 28.6 Å². The maximum Gasteiger partial charge on any atom is 0.174 e. The fourth-order valence-electron chi connectivity index (χ4n) is 5.17. The predicted octanol–water partition coefficient (Wildman–Crippen LogP) is 5.60. The number of hydrogen-bond acceptors (Lipinski definition) is 4. The molecule has 1 aromatic carbocycles. The summed E-state index contributed by atoms with van der Waals surface area (Å²) in [6.45, 7) is 5.81.